The van der Waals surface area contributed by atoms with E-state index in [2.05, 4.69) is 67.3 Å². The molecule has 1 atom stereocenters. The summed E-state index contributed by atoms with van der Waals surface area (Å²) in [6.45, 7) is 10.3. The fraction of sp³-hybridized carbons (Fsp3) is 0.457. The van der Waals surface area contributed by atoms with Gasteiger partial charge in [0.25, 0.3) is 0 Å². The summed E-state index contributed by atoms with van der Waals surface area (Å²) in [4.78, 5) is 14.0. The maximum absolute atomic E-state index is 12.2. The van der Waals surface area contributed by atoms with Gasteiger partial charge in [0.1, 0.15) is 5.60 Å². The van der Waals surface area contributed by atoms with Crippen LogP contribution in [0.5, 0.6) is 0 Å². The summed E-state index contributed by atoms with van der Waals surface area (Å²) in [6.07, 6.45) is 3.61. The molecular formula is C35H45NO4. The molecule has 1 aliphatic heterocycles. The molecule has 5 nitrogen and oxygen atoms in total. The lowest BCUT2D eigenvalue weighted by atomic mass is 9.72. The van der Waals surface area contributed by atoms with Gasteiger partial charge in [0.2, 0.25) is 0 Å². The van der Waals surface area contributed by atoms with E-state index >= 15 is 0 Å². The molecule has 0 saturated carbocycles. The number of carboxylic acid groups (broad SMARTS) is 1. The van der Waals surface area contributed by atoms with E-state index in [1.54, 1.807) is 13.8 Å². The molecule has 214 valence electrons. The highest BCUT2D eigenvalue weighted by molar-refractivity contribution is 5.80. The maximum atomic E-state index is 12.2. The third kappa shape index (κ3) is 6.83. The van der Waals surface area contributed by atoms with Crippen molar-refractivity contribution < 1.29 is 20.1 Å². The number of rotatable bonds is 11. The van der Waals surface area contributed by atoms with E-state index in [4.69, 9.17) is 0 Å². The lowest BCUT2D eigenvalue weighted by molar-refractivity contribution is -0.142. The standard InChI is InChI=1S/C35H45NO4/c1-25-7-13-29(14-8-25)35(40,30-15-9-26(2)10-16-30)31-19-22-36(23-20-31)21-5-6-32(37)24-27-11-17-28(18-12-27)34(3,4)33(38)39/h7-18,31-32,37,40H,5-6,19-24H2,1-4H3,(H,38,39). The molecule has 1 fully saturated rings. The smallest absolute Gasteiger partial charge is 0.313 e. The molecule has 1 heterocycles. The van der Waals surface area contributed by atoms with E-state index in [0.29, 0.717) is 6.42 Å². The molecule has 0 aromatic heterocycles. The minimum atomic E-state index is -1.01. The van der Waals surface area contributed by atoms with Crippen LogP contribution < -0.4 is 0 Å². The molecule has 3 aromatic rings. The van der Waals surface area contributed by atoms with Crippen LogP contribution in [0, 0.1) is 19.8 Å². The minimum Gasteiger partial charge on any atom is -0.481 e. The highest BCUT2D eigenvalue weighted by Crippen LogP contribution is 2.42. The minimum absolute atomic E-state index is 0.133. The van der Waals surface area contributed by atoms with Crippen molar-refractivity contribution in [2.45, 2.75) is 76.9 Å². The van der Waals surface area contributed by atoms with Gasteiger partial charge in [0.05, 0.1) is 11.5 Å². The Morgan fingerprint density at radius 2 is 1.32 bits per heavy atom. The summed E-state index contributed by atoms with van der Waals surface area (Å²) in [5.41, 5.74) is 4.13. The van der Waals surface area contributed by atoms with Gasteiger partial charge in [-0.2, -0.15) is 0 Å². The van der Waals surface area contributed by atoms with Crippen molar-refractivity contribution in [1.29, 1.82) is 0 Å². The van der Waals surface area contributed by atoms with E-state index < -0.39 is 23.1 Å². The zero-order valence-corrected chi connectivity index (χ0v) is 24.4. The number of hydrogen-bond donors (Lipinski definition) is 3. The Morgan fingerprint density at radius 1 is 0.850 bits per heavy atom. The summed E-state index contributed by atoms with van der Waals surface area (Å²) in [5.74, 6) is -0.715. The van der Waals surface area contributed by atoms with Gasteiger partial charge in [-0.1, -0.05) is 83.9 Å². The molecule has 1 unspecified atom stereocenters. The SMILES string of the molecule is Cc1ccc(C(O)(c2ccc(C)cc2)C2CCN(CCCC(O)Cc3ccc(C(C)(C)C(=O)O)cc3)CC2)cc1. The van der Waals surface area contributed by atoms with Gasteiger partial charge in [-0.15, -0.1) is 0 Å². The number of hydrogen-bond acceptors (Lipinski definition) is 4. The van der Waals surface area contributed by atoms with Crippen LogP contribution in [0.25, 0.3) is 0 Å². The second-order valence-electron chi connectivity index (χ2n) is 12.2. The lowest BCUT2D eigenvalue weighted by Crippen LogP contribution is -2.44. The van der Waals surface area contributed by atoms with Gasteiger partial charge in [0.15, 0.2) is 0 Å². The number of aliphatic hydroxyl groups excluding tert-OH is 1. The highest BCUT2D eigenvalue weighted by Gasteiger charge is 2.41. The summed E-state index contributed by atoms with van der Waals surface area (Å²) in [5, 5.41) is 32.3. The first-order chi connectivity index (χ1) is 19.0. The van der Waals surface area contributed by atoms with Gasteiger partial charge in [-0.3, -0.25) is 4.79 Å². The van der Waals surface area contributed by atoms with E-state index in [-0.39, 0.29) is 5.92 Å². The highest BCUT2D eigenvalue weighted by atomic mass is 16.4. The summed E-state index contributed by atoms with van der Waals surface area (Å²) in [7, 11) is 0. The van der Waals surface area contributed by atoms with E-state index in [9.17, 15) is 20.1 Å². The predicted octanol–water partition coefficient (Wildman–Crippen LogP) is 6.00. The molecule has 0 bridgehead atoms. The average Bonchev–Trinajstić information content (AvgIpc) is 2.94. The third-order valence-electron chi connectivity index (χ3n) is 8.86. The van der Waals surface area contributed by atoms with Gasteiger partial charge >= 0.3 is 5.97 Å². The molecule has 1 saturated heterocycles. The zero-order chi connectivity index (χ0) is 28.9. The van der Waals surface area contributed by atoms with Crippen LogP contribution in [-0.4, -0.2) is 51.9 Å². The van der Waals surface area contributed by atoms with Crippen LogP contribution >= 0.6 is 0 Å². The maximum Gasteiger partial charge on any atom is 0.313 e. The van der Waals surface area contributed by atoms with Crippen LogP contribution in [0.15, 0.2) is 72.8 Å². The Bertz CT molecular complexity index is 1190. The summed E-state index contributed by atoms with van der Waals surface area (Å²) >= 11 is 0. The second-order valence-corrected chi connectivity index (χ2v) is 12.2. The number of carbonyl (C=O) groups is 1. The Kier molecular flexibility index (Phi) is 9.50. The third-order valence-corrected chi connectivity index (χ3v) is 8.86. The first-order valence-corrected chi connectivity index (χ1v) is 14.6. The largest absolute Gasteiger partial charge is 0.481 e. The van der Waals surface area contributed by atoms with Crippen molar-refractivity contribution >= 4 is 5.97 Å². The number of likely N-dealkylation sites (tertiary alicyclic amines) is 1. The Balaban J connectivity index is 1.29. The fourth-order valence-electron chi connectivity index (χ4n) is 5.93. The van der Waals surface area contributed by atoms with Gasteiger partial charge < -0.3 is 20.2 Å². The van der Waals surface area contributed by atoms with E-state index in [1.165, 1.54) is 11.1 Å². The molecule has 40 heavy (non-hydrogen) atoms. The van der Waals surface area contributed by atoms with Crippen LogP contribution in [-0.2, 0) is 22.2 Å². The van der Waals surface area contributed by atoms with Crippen molar-refractivity contribution in [2.24, 2.45) is 5.92 Å². The van der Waals surface area contributed by atoms with E-state index in [0.717, 1.165) is 67.6 Å². The average molecular weight is 544 g/mol. The molecule has 4 rings (SSSR count). The molecule has 0 aliphatic carbocycles. The number of benzene rings is 3. The van der Waals surface area contributed by atoms with Gasteiger partial charge in [-0.25, -0.2) is 0 Å². The van der Waals surface area contributed by atoms with Crippen molar-refractivity contribution in [1.82, 2.24) is 4.90 Å². The first-order valence-electron chi connectivity index (χ1n) is 14.6. The number of carboxylic acids is 1. The number of nitrogens with zero attached hydrogens (tertiary/aromatic N) is 1. The fourth-order valence-corrected chi connectivity index (χ4v) is 5.93. The monoisotopic (exact) mass is 543 g/mol. The molecular weight excluding hydrogens is 498 g/mol. The Labute approximate surface area is 239 Å². The number of aliphatic carboxylic acids is 1. The molecule has 0 radical (unpaired) electrons. The van der Waals surface area contributed by atoms with Crippen LogP contribution in [0.4, 0.5) is 0 Å². The quantitative estimate of drug-likeness (QED) is 0.277. The van der Waals surface area contributed by atoms with Gasteiger partial charge in [0, 0.05) is 0 Å². The normalized spacial score (nSPS) is 16.1. The molecule has 0 spiro atoms. The number of aryl methyl sites for hydroxylation is 2. The van der Waals surface area contributed by atoms with Crippen molar-refractivity contribution in [2.75, 3.05) is 19.6 Å². The topological polar surface area (TPSA) is 81.0 Å². The number of aliphatic hydroxyl groups is 2. The van der Waals surface area contributed by atoms with Crippen molar-refractivity contribution in [3.8, 4) is 0 Å². The van der Waals surface area contributed by atoms with Crippen LogP contribution in [0.2, 0.25) is 0 Å². The Hall–Kier alpha value is -2.99. The van der Waals surface area contributed by atoms with Crippen molar-refractivity contribution in [3.05, 3.63) is 106 Å². The second kappa shape index (κ2) is 12.7. The molecule has 1 aliphatic rings. The summed E-state index contributed by atoms with van der Waals surface area (Å²) < 4.78 is 0. The first kappa shape index (κ1) is 30.0. The van der Waals surface area contributed by atoms with Crippen LogP contribution in [0.3, 0.4) is 0 Å². The van der Waals surface area contributed by atoms with Crippen LogP contribution in [0.1, 0.15) is 72.9 Å². The predicted molar refractivity (Wildman–Crippen MR) is 161 cm³/mol. The van der Waals surface area contributed by atoms with Gasteiger partial charge in [-0.05, 0) is 108 Å². The zero-order valence-electron chi connectivity index (χ0n) is 24.4. The molecule has 0 amide bonds. The Morgan fingerprint density at radius 3 is 1.80 bits per heavy atom. The molecule has 5 heteroatoms. The molecule has 3 N–H and O–H groups in total. The number of piperidine rings is 1. The summed E-state index contributed by atoms with van der Waals surface area (Å²) in [6, 6.07) is 24.2. The van der Waals surface area contributed by atoms with E-state index in [1.807, 2.05) is 24.3 Å². The lowest BCUT2D eigenvalue weighted by Gasteiger charge is -2.42. The molecule has 3 aromatic carbocycles. The van der Waals surface area contributed by atoms with Crippen molar-refractivity contribution in [3.63, 3.8) is 0 Å².